The summed E-state index contributed by atoms with van der Waals surface area (Å²) in [6.45, 7) is 4.61. The van der Waals surface area contributed by atoms with Gasteiger partial charge in [-0.15, -0.1) is 0 Å². The van der Waals surface area contributed by atoms with Crippen LogP contribution in [0.4, 0.5) is 17.6 Å². The molecule has 2 amide bonds. The number of rotatable bonds is 9. The first-order chi connectivity index (χ1) is 22.8. The molecule has 266 valence electrons. The van der Waals surface area contributed by atoms with Crippen molar-refractivity contribution < 1.29 is 45.4 Å². The van der Waals surface area contributed by atoms with E-state index in [9.17, 15) is 40.7 Å². The molecule has 2 aromatic carbocycles. The predicted molar refractivity (Wildman–Crippen MR) is 176 cm³/mol. The molecular weight excluding hydrogens is 692 g/mol. The second-order valence-electron chi connectivity index (χ2n) is 13.0. The average molecular weight is 729 g/mol. The Labute approximate surface area is 286 Å². The van der Waals surface area contributed by atoms with Gasteiger partial charge in [0.1, 0.15) is 17.1 Å². The lowest BCUT2D eigenvalue weighted by Crippen LogP contribution is -2.50. The fourth-order valence-corrected chi connectivity index (χ4v) is 7.42. The molecule has 2 fully saturated rings. The summed E-state index contributed by atoms with van der Waals surface area (Å²) in [7, 11) is -3.91. The number of benzene rings is 2. The summed E-state index contributed by atoms with van der Waals surface area (Å²) in [6, 6.07) is 7.40. The van der Waals surface area contributed by atoms with Crippen LogP contribution in [0.3, 0.4) is 0 Å². The van der Waals surface area contributed by atoms with Crippen LogP contribution >= 0.6 is 11.6 Å². The molecule has 5 rings (SSSR count). The highest BCUT2D eigenvalue weighted by atomic mass is 35.5. The van der Waals surface area contributed by atoms with Crippen molar-refractivity contribution in [3.63, 3.8) is 0 Å². The third-order valence-corrected chi connectivity index (χ3v) is 11.1. The Kier molecular flexibility index (Phi) is 10.2. The third kappa shape index (κ3) is 7.95. The lowest BCUT2D eigenvalue weighted by molar-refractivity contribution is -0.148. The molecule has 0 saturated carbocycles. The van der Waals surface area contributed by atoms with Crippen LogP contribution in [0.5, 0.6) is 5.75 Å². The van der Waals surface area contributed by atoms with Crippen molar-refractivity contribution in [2.45, 2.75) is 69.9 Å². The Bertz CT molecular complexity index is 1780. The lowest BCUT2D eigenvalue weighted by Gasteiger charge is -2.36. The first kappa shape index (κ1) is 36.7. The first-order valence-electron chi connectivity index (χ1n) is 15.6. The van der Waals surface area contributed by atoms with Crippen molar-refractivity contribution in [2.24, 2.45) is 4.99 Å². The van der Waals surface area contributed by atoms with Gasteiger partial charge in [0.25, 0.3) is 11.8 Å². The smallest absolute Gasteiger partial charge is 0.340 e. The van der Waals surface area contributed by atoms with Crippen LogP contribution < -0.4 is 10.1 Å². The molecule has 0 radical (unpaired) electrons. The van der Waals surface area contributed by atoms with E-state index in [1.54, 1.807) is 37.8 Å². The number of nitrogens with zero attached hydrogens (tertiary/aromatic N) is 3. The maximum Gasteiger partial charge on any atom is 0.340 e. The lowest BCUT2D eigenvalue weighted by atomic mass is 9.89. The van der Waals surface area contributed by atoms with E-state index in [1.807, 2.05) is 0 Å². The first-order valence-corrected chi connectivity index (χ1v) is 17.5. The Morgan fingerprint density at radius 2 is 1.71 bits per heavy atom. The van der Waals surface area contributed by atoms with Crippen molar-refractivity contribution in [3.05, 3.63) is 68.6 Å². The topological polar surface area (TPSA) is 129 Å². The molecule has 0 bridgehead atoms. The molecule has 3 aliphatic heterocycles. The summed E-state index contributed by atoms with van der Waals surface area (Å²) in [4.78, 5) is 32.4. The molecule has 0 aliphatic carbocycles. The molecule has 3 aliphatic rings. The second kappa shape index (κ2) is 13.6. The van der Waals surface area contributed by atoms with Gasteiger partial charge < -0.3 is 20.1 Å². The number of carbonyl (C=O) groups excluding carboxylic acids is 2. The van der Waals surface area contributed by atoms with Crippen molar-refractivity contribution in [3.8, 4) is 5.75 Å². The van der Waals surface area contributed by atoms with E-state index in [4.69, 9.17) is 16.3 Å². The van der Waals surface area contributed by atoms with Crippen LogP contribution in [0.1, 0.15) is 65.2 Å². The van der Waals surface area contributed by atoms with Gasteiger partial charge in [0.2, 0.25) is 10.0 Å². The maximum absolute atomic E-state index is 13.4. The summed E-state index contributed by atoms with van der Waals surface area (Å²) in [5.74, 6) is -5.22. The number of amides is 2. The number of hydrogen-bond acceptors (Lipinski definition) is 7. The highest BCUT2D eigenvalue weighted by Crippen LogP contribution is 2.35. The van der Waals surface area contributed by atoms with Crippen molar-refractivity contribution >= 4 is 45.4 Å². The quantitative estimate of drug-likeness (QED) is 0.353. The average Bonchev–Trinajstić information content (AvgIpc) is 3.34. The highest BCUT2D eigenvalue weighted by molar-refractivity contribution is 7.92. The molecule has 2 saturated heterocycles. The second-order valence-corrected chi connectivity index (χ2v) is 15.2. The molecule has 3 heterocycles. The van der Waals surface area contributed by atoms with Gasteiger partial charge in [-0.2, -0.15) is 13.1 Å². The fourth-order valence-electron chi connectivity index (χ4n) is 6.08. The number of aliphatic imine (C=N–C) groups is 1. The Balaban J connectivity index is 1.25. The standard InChI is InChI=1S/C33H37ClF4N4O6S/c1-20-16-23(28(43)41-11-7-31(3,45)8-12-41)17-21(2)24(20)6-15-49(46,47)42-13-9-32(10-14-42)30(44)39-27(40-32)22-4-5-25(34)26(18-22)48-19-33(37,38)29(35)36/h4-6,15-18,29,45H,7-14,19H2,1-3H3,(H,39,40,44). The monoisotopic (exact) mass is 728 g/mol. The van der Waals surface area contributed by atoms with E-state index in [-0.39, 0.29) is 54.0 Å². The van der Waals surface area contributed by atoms with E-state index >= 15 is 0 Å². The molecule has 49 heavy (non-hydrogen) atoms. The molecule has 1 spiro atoms. The number of carbonyl (C=O) groups is 2. The largest absolute Gasteiger partial charge is 0.485 e. The van der Waals surface area contributed by atoms with E-state index in [0.717, 1.165) is 16.5 Å². The van der Waals surface area contributed by atoms with Crippen LogP contribution in [0, 0.1) is 13.8 Å². The van der Waals surface area contributed by atoms with Gasteiger partial charge in [-0.25, -0.2) is 17.2 Å². The number of hydrogen-bond donors (Lipinski definition) is 2. The minimum absolute atomic E-state index is 0.0112. The maximum atomic E-state index is 13.4. The van der Waals surface area contributed by atoms with Gasteiger partial charge in [0.15, 0.2) is 6.61 Å². The number of piperidine rings is 2. The number of sulfonamides is 1. The molecule has 16 heteroatoms. The normalized spacial score (nSPS) is 19.8. The Morgan fingerprint density at radius 3 is 2.31 bits per heavy atom. The van der Waals surface area contributed by atoms with Crippen LogP contribution in [0.15, 0.2) is 40.7 Å². The van der Waals surface area contributed by atoms with Gasteiger partial charge in [-0.3, -0.25) is 14.6 Å². The van der Waals surface area contributed by atoms with Crippen LogP contribution in [0.2, 0.25) is 5.02 Å². The van der Waals surface area contributed by atoms with Gasteiger partial charge in [0, 0.05) is 42.7 Å². The number of aliphatic hydroxyl groups is 1. The summed E-state index contributed by atoms with van der Waals surface area (Å²) >= 11 is 6.00. The molecule has 0 atom stereocenters. The number of ether oxygens (including phenoxy) is 1. The number of nitrogens with one attached hydrogen (secondary N) is 1. The minimum atomic E-state index is -4.40. The molecule has 10 nitrogen and oxygen atoms in total. The van der Waals surface area contributed by atoms with Crippen LogP contribution in [0.25, 0.3) is 6.08 Å². The Hall–Kier alpha value is -3.53. The van der Waals surface area contributed by atoms with Crippen LogP contribution in [-0.2, 0) is 14.8 Å². The summed E-state index contributed by atoms with van der Waals surface area (Å²) in [5, 5.41) is 13.8. The molecular formula is C33H37ClF4N4O6S. The minimum Gasteiger partial charge on any atom is -0.485 e. The van der Waals surface area contributed by atoms with Crippen molar-refractivity contribution in [1.29, 1.82) is 0 Å². The molecule has 0 aromatic heterocycles. The fraction of sp³-hybridized carbons (Fsp3) is 0.485. The highest BCUT2D eigenvalue weighted by Gasteiger charge is 2.47. The van der Waals surface area contributed by atoms with Gasteiger partial charge in [-0.05, 0) is 99.6 Å². The van der Waals surface area contributed by atoms with Crippen molar-refractivity contribution in [2.75, 3.05) is 32.8 Å². The Morgan fingerprint density at radius 1 is 1.10 bits per heavy atom. The number of likely N-dealkylation sites (tertiary alicyclic amines) is 1. The molecule has 0 unspecified atom stereocenters. The number of alkyl halides is 4. The SMILES string of the molecule is Cc1cc(C(=O)N2CCC(C)(O)CC2)cc(C)c1C=CS(=O)(=O)N1CCC2(CC1)N=C(c1ccc(Cl)c(OCC(F)(F)C(F)F)c1)NC2=O. The van der Waals surface area contributed by atoms with E-state index < -0.39 is 46.0 Å². The third-order valence-electron chi connectivity index (χ3n) is 9.21. The number of halogens is 5. The predicted octanol–water partition coefficient (Wildman–Crippen LogP) is 4.93. The zero-order valence-corrected chi connectivity index (χ0v) is 28.7. The summed E-state index contributed by atoms with van der Waals surface area (Å²) < 4.78 is 84.7. The van der Waals surface area contributed by atoms with E-state index in [2.05, 4.69) is 10.3 Å². The summed E-state index contributed by atoms with van der Waals surface area (Å²) in [6.07, 6.45) is -1.33. The summed E-state index contributed by atoms with van der Waals surface area (Å²) in [5.41, 5.74) is 0.773. The van der Waals surface area contributed by atoms with E-state index in [0.29, 0.717) is 37.1 Å². The van der Waals surface area contributed by atoms with Gasteiger partial charge in [0.05, 0.1) is 10.6 Å². The molecule has 2 N–H and O–H groups in total. The zero-order valence-electron chi connectivity index (χ0n) is 27.1. The van der Waals surface area contributed by atoms with E-state index in [1.165, 1.54) is 28.6 Å². The van der Waals surface area contributed by atoms with Gasteiger partial charge >= 0.3 is 12.3 Å². The zero-order chi connectivity index (χ0) is 35.9. The van der Waals surface area contributed by atoms with Crippen molar-refractivity contribution in [1.82, 2.24) is 14.5 Å². The number of aryl methyl sites for hydroxylation is 2. The van der Waals surface area contributed by atoms with Gasteiger partial charge in [-0.1, -0.05) is 11.6 Å². The number of amidine groups is 1. The molecule has 2 aromatic rings. The van der Waals surface area contributed by atoms with Crippen LogP contribution in [-0.4, -0.2) is 96.7 Å².